The first-order chi connectivity index (χ1) is 9.46. The molecule has 5 nitrogen and oxygen atoms in total. The molecule has 1 heterocycles. The number of esters is 1. The van der Waals surface area contributed by atoms with Crippen LogP contribution in [0.1, 0.15) is 0 Å². The number of ether oxygens (including phenoxy) is 1. The van der Waals surface area contributed by atoms with E-state index in [0.29, 0.717) is 16.8 Å². The summed E-state index contributed by atoms with van der Waals surface area (Å²) in [7, 11) is -2.29. The molecular weight excluding hydrogens is 366 g/mol. The molecule has 20 heavy (non-hydrogen) atoms. The zero-order valence-corrected chi connectivity index (χ0v) is 14.0. The predicted molar refractivity (Wildman–Crippen MR) is 81.2 cm³/mol. The van der Waals surface area contributed by atoms with Crippen LogP contribution >= 0.6 is 27.7 Å². The lowest BCUT2D eigenvalue weighted by Gasteiger charge is -2.30. The Hall–Kier alpha value is -0.570. The average Bonchev–Trinajstić information content (AvgIpc) is 2.47. The summed E-state index contributed by atoms with van der Waals surface area (Å²) in [6.45, 7) is 0.531. The normalized spacial score (nSPS) is 20.6. The monoisotopic (exact) mass is 379 g/mol. The maximum Gasteiger partial charge on any atom is 0.320 e. The molecule has 8 heteroatoms. The third-order valence-corrected chi connectivity index (χ3v) is 6.99. The molecular formula is C12H14BrNO4S2. The summed E-state index contributed by atoms with van der Waals surface area (Å²) >= 11 is 4.68. The van der Waals surface area contributed by atoms with Gasteiger partial charge in [0.1, 0.15) is 5.25 Å². The second-order valence-electron chi connectivity index (χ2n) is 4.18. The van der Waals surface area contributed by atoms with Crippen molar-refractivity contribution < 1.29 is 17.9 Å². The van der Waals surface area contributed by atoms with E-state index in [-0.39, 0.29) is 17.4 Å². The van der Waals surface area contributed by atoms with Crippen molar-refractivity contribution in [3.63, 3.8) is 0 Å². The van der Waals surface area contributed by atoms with Crippen molar-refractivity contribution >= 4 is 43.7 Å². The zero-order chi connectivity index (χ0) is 14.8. The lowest BCUT2D eigenvalue weighted by molar-refractivity contribution is -0.140. The van der Waals surface area contributed by atoms with Gasteiger partial charge in [-0.1, -0.05) is 12.1 Å². The summed E-state index contributed by atoms with van der Waals surface area (Å²) in [6, 6.07) is 6.66. The first kappa shape index (κ1) is 15.8. The fourth-order valence-corrected chi connectivity index (χ4v) is 5.67. The SMILES string of the molecule is COC(=O)[C@@H]1CN(S(=O)(=O)c2ccccc2Br)CCS1. The molecule has 0 unspecified atom stereocenters. The summed E-state index contributed by atoms with van der Waals surface area (Å²) in [6.07, 6.45) is 0. The van der Waals surface area contributed by atoms with Gasteiger partial charge in [0.25, 0.3) is 0 Å². The van der Waals surface area contributed by atoms with Crippen LogP contribution in [0.15, 0.2) is 33.6 Å². The minimum atomic E-state index is -3.60. The van der Waals surface area contributed by atoms with Gasteiger partial charge in [0.15, 0.2) is 0 Å². The first-order valence-corrected chi connectivity index (χ1v) is 9.19. The van der Waals surface area contributed by atoms with Crippen LogP contribution in [0.4, 0.5) is 0 Å². The van der Waals surface area contributed by atoms with Gasteiger partial charge >= 0.3 is 5.97 Å². The molecule has 1 aromatic carbocycles. The second-order valence-corrected chi connectivity index (χ2v) is 8.25. The number of hydrogen-bond donors (Lipinski definition) is 0. The number of rotatable bonds is 3. The summed E-state index contributed by atoms with van der Waals surface area (Å²) in [5.74, 6) is 0.186. The smallest absolute Gasteiger partial charge is 0.320 e. The Morgan fingerprint density at radius 1 is 1.45 bits per heavy atom. The minimum Gasteiger partial charge on any atom is -0.468 e. The van der Waals surface area contributed by atoms with E-state index in [1.54, 1.807) is 24.3 Å². The number of carbonyl (C=O) groups is 1. The fraction of sp³-hybridized carbons (Fsp3) is 0.417. The molecule has 110 valence electrons. The molecule has 0 N–H and O–H groups in total. The van der Waals surface area contributed by atoms with Crippen LogP contribution in [0.2, 0.25) is 0 Å². The second kappa shape index (κ2) is 6.46. The number of nitrogens with zero attached hydrogens (tertiary/aromatic N) is 1. The summed E-state index contributed by atoms with van der Waals surface area (Å²) in [5, 5.41) is -0.467. The largest absolute Gasteiger partial charge is 0.468 e. The van der Waals surface area contributed by atoms with Crippen molar-refractivity contribution in [3.05, 3.63) is 28.7 Å². The molecule has 0 amide bonds. The maximum atomic E-state index is 12.6. The van der Waals surface area contributed by atoms with Gasteiger partial charge in [0, 0.05) is 23.3 Å². The van der Waals surface area contributed by atoms with Crippen LogP contribution in [0, 0.1) is 0 Å². The summed E-state index contributed by atoms with van der Waals surface area (Å²) in [5.41, 5.74) is 0. The fourth-order valence-electron chi connectivity index (χ4n) is 1.91. The van der Waals surface area contributed by atoms with E-state index in [1.807, 2.05) is 0 Å². The standard InChI is InChI=1S/C12H14BrNO4S2/c1-18-12(15)10-8-14(6-7-19-10)20(16,17)11-5-3-2-4-9(11)13/h2-5,10H,6-8H2,1H3/t10-/m0/s1. The number of carbonyl (C=O) groups excluding carboxylic acids is 1. The van der Waals surface area contributed by atoms with Gasteiger partial charge in [-0.05, 0) is 28.1 Å². The van der Waals surface area contributed by atoms with Crippen molar-refractivity contribution in [1.29, 1.82) is 0 Å². The number of methoxy groups -OCH3 is 1. The Morgan fingerprint density at radius 3 is 2.80 bits per heavy atom. The third kappa shape index (κ3) is 3.19. The number of thioether (sulfide) groups is 1. The molecule has 1 aliphatic heterocycles. The molecule has 0 bridgehead atoms. The van der Waals surface area contributed by atoms with Crippen LogP contribution in [-0.2, 0) is 19.6 Å². The molecule has 1 fully saturated rings. The first-order valence-electron chi connectivity index (χ1n) is 5.91. The lowest BCUT2D eigenvalue weighted by atomic mass is 10.4. The predicted octanol–water partition coefficient (Wildman–Crippen LogP) is 1.73. The maximum absolute atomic E-state index is 12.6. The summed E-state index contributed by atoms with van der Waals surface area (Å²) in [4.78, 5) is 11.8. The van der Waals surface area contributed by atoms with Crippen molar-refractivity contribution in [1.82, 2.24) is 4.31 Å². The quantitative estimate of drug-likeness (QED) is 0.748. The van der Waals surface area contributed by atoms with Gasteiger partial charge in [-0.3, -0.25) is 4.79 Å². The van der Waals surface area contributed by atoms with E-state index in [2.05, 4.69) is 20.7 Å². The number of hydrogen-bond acceptors (Lipinski definition) is 5. The van der Waals surface area contributed by atoms with Gasteiger partial charge < -0.3 is 4.74 Å². The van der Waals surface area contributed by atoms with Crippen molar-refractivity contribution in [2.24, 2.45) is 0 Å². The Bertz CT molecular complexity index is 605. The highest BCUT2D eigenvalue weighted by molar-refractivity contribution is 9.10. The molecule has 1 aliphatic rings. The molecule has 2 rings (SSSR count). The van der Waals surface area contributed by atoms with Gasteiger partial charge in [-0.2, -0.15) is 4.31 Å². The molecule has 1 aromatic rings. The molecule has 0 saturated carbocycles. The van der Waals surface area contributed by atoms with E-state index in [4.69, 9.17) is 0 Å². The number of halogens is 1. The lowest BCUT2D eigenvalue weighted by Crippen LogP contribution is -2.44. The minimum absolute atomic E-state index is 0.140. The van der Waals surface area contributed by atoms with Gasteiger partial charge in [-0.15, -0.1) is 11.8 Å². The zero-order valence-electron chi connectivity index (χ0n) is 10.8. The third-order valence-electron chi connectivity index (χ3n) is 2.95. The number of sulfonamides is 1. The Labute approximate surface area is 130 Å². The molecule has 0 radical (unpaired) electrons. The van der Waals surface area contributed by atoms with Crippen molar-refractivity contribution in [2.75, 3.05) is 26.0 Å². The highest BCUT2D eigenvalue weighted by Crippen LogP contribution is 2.28. The van der Waals surface area contributed by atoms with E-state index in [1.165, 1.54) is 23.2 Å². The van der Waals surface area contributed by atoms with Gasteiger partial charge in [0.2, 0.25) is 10.0 Å². The molecule has 1 saturated heterocycles. The van der Waals surface area contributed by atoms with Crippen molar-refractivity contribution in [2.45, 2.75) is 10.1 Å². The van der Waals surface area contributed by atoms with Crippen LogP contribution in [0.3, 0.4) is 0 Å². The molecule has 0 aliphatic carbocycles. The van der Waals surface area contributed by atoms with Crippen LogP contribution in [0.25, 0.3) is 0 Å². The van der Waals surface area contributed by atoms with Crippen LogP contribution in [-0.4, -0.2) is 49.9 Å². The Kier molecular flexibility index (Phi) is 5.11. The van der Waals surface area contributed by atoms with E-state index < -0.39 is 15.3 Å². The van der Waals surface area contributed by atoms with Gasteiger partial charge in [0.05, 0.1) is 12.0 Å². The highest BCUT2D eigenvalue weighted by atomic mass is 79.9. The Morgan fingerprint density at radius 2 is 2.15 bits per heavy atom. The van der Waals surface area contributed by atoms with Gasteiger partial charge in [-0.25, -0.2) is 8.42 Å². The molecule has 0 aromatic heterocycles. The highest BCUT2D eigenvalue weighted by Gasteiger charge is 2.34. The van der Waals surface area contributed by atoms with E-state index in [9.17, 15) is 13.2 Å². The average molecular weight is 380 g/mol. The Balaban J connectivity index is 2.26. The van der Waals surface area contributed by atoms with E-state index in [0.717, 1.165) is 0 Å². The summed E-state index contributed by atoms with van der Waals surface area (Å²) < 4.78 is 31.7. The molecule has 1 atom stereocenters. The molecule has 0 spiro atoms. The van der Waals surface area contributed by atoms with E-state index >= 15 is 0 Å². The van der Waals surface area contributed by atoms with Crippen LogP contribution in [0.5, 0.6) is 0 Å². The van der Waals surface area contributed by atoms with Crippen LogP contribution < -0.4 is 0 Å². The van der Waals surface area contributed by atoms with Crippen molar-refractivity contribution in [3.8, 4) is 0 Å². The number of benzene rings is 1. The topological polar surface area (TPSA) is 63.7 Å².